The summed E-state index contributed by atoms with van der Waals surface area (Å²) in [6, 6.07) is 2.29. The first-order valence-corrected chi connectivity index (χ1v) is 8.20. The molecule has 0 atom stereocenters. The van der Waals surface area contributed by atoms with Crippen molar-refractivity contribution >= 4 is 55.1 Å². The van der Waals surface area contributed by atoms with Crippen molar-refractivity contribution in [2.24, 2.45) is 7.05 Å². The third-order valence-corrected chi connectivity index (χ3v) is 4.51. The van der Waals surface area contributed by atoms with Crippen LogP contribution in [-0.2, 0) is 13.2 Å². The zero-order valence-corrected chi connectivity index (χ0v) is 15.3. The first kappa shape index (κ1) is 18.0. The second-order valence-electron chi connectivity index (χ2n) is 4.29. The van der Waals surface area contributed by atoms with Gasteiger partial charge >= 0.3 is 6.18 Å². The Kier molecular flexibility index (Phi) is 5.16. The molecule has 1 aromatic heterocycles. The lowest BCUT2D eigenvalue weighted by molar-refractivity contribution is -0.143. The van der Waals surface area contributed by atoms with Gasteiger partial charge in [-0.25, -0.2) is 4.39 Å². The molecule has 0 aliphatic rings. The number of alkyl halides is 5. The van der Waals surface area contributed by atoms with Crippen LogP contribution in [0, 0.1) is 5.82 Å². The van der Waals surface area contributed by atoms with Crippen LogP contribution in [0.1, 0.15) is 15.0 Å². The molecule has 0 spiro atoms. The van der Waals surface area contributed by atoms with Crippen LogP contribution >= 0.6 is 55.1 Å². The van der Waals surface area contributed by atoms with Crippen LogP contribution in [0.5, 0.6) is 0 Å². The average molecular weight is 485 g/mol. The summed E-state index contributed by atoms with van der Waals surface area (Å²) in [6.45, 7) is 0. The Balaban J connectivity index is 2.71. The molecule has 0 N–H and O–H groups in total. The van der Waals surface area contributed by atoms with E-state index in [9.17, 15) is 17.6 Å². The maximum absolute atomic E-state index is 14.1. The van der Waals surface area contributed by atoms with Crippen LogP contribution in [0.2, 0.25) is 10.0 Å². The molecule has 10 heteroatoms. The minimum atomic E-state index is -4.70. The zero-order chi connectivity index (χ0) is 16.8. The van der Waals surface area contributed by atoms with Gasteiger partial charge in [-0.1, -0.05) is 55.1 Å². The first-order valence-electron chi connectivity index (χ1n) is 5.61. The zero-order valence-electron chi connectivity index (χ0n) is 10.7. The van der Waals surface area contributed by atoms with Crippen molar-refractivity contribution in [1.82, 2.24) is 9.78 Å². The minimum Gasteiger partial charge on any atom is -0.262 e. The highest BCUT2D eigenvalue weighted by atomic mass is 79.9. The summed E-state index contributed by atoms with van der Waals surface area (Å²) in [6.07, 6.45) is -4.70. The number of aryl methyl sites for hydroxylation is 1. The monoisotopic (exact) mass is 482 g/mol. The molecular weight excluding hydrogens is 479 g/mol. The minimum absolute atomic E-state index is 0.114. The predicted molar refractivity (Wildman–Crippen MR) is 84.2 cm³/mol. The van der Waals surface area contributed by atoms with Crippen molar-refractivity contribution in [2.45, 2.75) is 9.91 Å². The average Bonchev–Trinajstić information content (AvgIpc) is 2.63. The molecule has 0 bridgehead atoms. The van der Waals surface area contributed by atoms with Crippen LogP contribution in [0.15, 0.2) is 12.1 Å². The summed E-state index contributed by atoms with van der Waals surface area (Å²) in [4.78, 5) is 0. The van der Waals surface area contributed by atoms with Gasteiger partial charge < -0.3 is 0 Å². The fraction of sp³-hybridized carbons (Fsp3) is 0.250. The summed E-state index contributed by atoms with van der Waals surface area (Å²) < 4.78 is 53.1. The smallest absolute Gasteiger partial charge is 0.262 e. The summed E-state index contributed by atoms with van der Waals surface area (Å²) in [5.74, 6) is -0.817. The molecule has 120 valence electrons. The van der Waals surface area contributed by atoms with E-state index >= 15 is 0 Å². The standard InChI is InChI=1S/C12H6Br2Cl2F4N2/c1-22-10(12(18,19)20)8(16)9(21-22)5-2-4(11(13)14)6(15)3-7(5)17/h2-3,11H,1H3. The van der Waals surface area contributed by atoms with E-state index < -0.39 is 26.4 Å². The number of nitrogens with zero attached hydrogens (tertiary/aromatic N) is 2. The molecule has 1 heterocycles. The molecule has 0 amide bonds. The summed E-state index contributed by atoms with van der Waals surface area (Å²) in [5, 5.41) is 3.14. The maximum Gasteiger partial charge on any atom is 0.434 e. The highest BCUT2D eigenvalue weighted by molar-refractivity contribution is 9.24. The van der Waals surface area contributed by atoms with Crippen molar-refractivity contribution in [3.63, 3.8) is 0 Å². The number of rotatable bonds is 2. The Morgan fingerprint density at radius 1 is 1.23 bits per heavy atom. The van der Waals surface area contributed by atoms with Crippen molar-refractivity contribution in [3.8, 4) is 11.3 Å². The molecule has 0 saturated carbocycles. The van der Waals surface area contributed by atoms with Crippen LogP contribution < -0.4 is 0 Å². The van der Waals surface area contributed by atoms with E-state index in [0.717, 1.165) is 13.1 Å². The number of hydrogen-bond donors (Lipinski definition) is 0. The summed E-state index contributed by atoms with van der Waals surface area (Å²) in [5.41, 5.74) is -1.17. The molecule has 0 radical (unpaired) electrons. The van der Waals surface area contributed by atoms with Gasteiger partial charge in [-0.05, 0) is 17.7 Å². The maximum atomic E-state index is 14.1. The number of halogens is 8. The van der Waals surface area contributed by atoms with Gasteiger partial charge in [-0.15, -0.1) is 0 Å². The molecule has 0 unspecified atom stereocenters. The highest BCUT2D eigenvalue weighted by Crippen LogP contribution is 2.43. The Bertz CT molecular complexity index is 729. The van der Waals surface area contributed by atoms with E-state index in [-0.39, 0.29) is 16.3 Å². The third kappa shape index (κ3) is 3.29. The SMILES string of the molecule is Cn1nc(-c2cc(C(Br)Br)c(Cl)cc2F)c(Cl)c1C(F)(F)F. The van der Waals surface area contributed by atoms with Crippen LogP contribution in [0.25, 0.3) is 11.3 Å². The molecule has 0 fully saturated rings. The molecular formula is C12H6Br2Cl2F4N2. The Morgan fingerprint density at radius 3 is 2.27 bits per heavy atom. The molecule has 0 aliphatic heterocycles. The lowest BCUT2D eigenvalue weighted by atomic mass is 10.1. The molecule has 1 aromatic carbocycles. The third-order valence-electron chi connectivity index (χ3n) is 2.83. The van der Waals surface area contributed by atoms with E-state index in [2.05, 4.69) is 37.0 Å². The van der Waals surface area contributed by atoms with Crippen LogP contribution in [0.4, 0.5) is 17.6 Å². The molecule has 0 aliphatic carbocycles. The summed E-state index contributed by atoms with van der Waals surface area (Å²) >= 11 is 18.1. The predicted octanol–water partition coefficient (Wildman–Crippen LogP) is 6.34. The van der Waals surface area contributed by atoms with Crippen molar-refractivity contribution < 1.29 is 17.6 Å². The van der Waals surface area contributed by atoms with Gasteiger partial charge in [0.15, 0.2) is 5.69 Å². The second-order valence-corrected chi connectivity index (χ2v) is 8.13. The van der Waals surface area contributed by atoms with Crippen molar-refractivity contribution in [1.29, 1.82) is 0 Å². The van der Waals surface area contributed by atoms with E-state index in [1.165, 1.54) is 6.07 Å². The number of hydrogen-bond acceptors (Lipinski definition) is 1. The van der Waals surface area contributed by atoms with Gasteiger partial charge in [0.2, 0.25) is 0 Å². The largest absolute Gasteiger partial charge is 0.434 e. The Morgan fingerprint density at radius 2 is 1.82 bits per heavy atom. The molecule has 2 rings (SSSR count). The molecule has 22 heavy (non-hydrogen) atoms. The van der Waals surface area contributed by atoms with Crippen LogP contribution in [0.3, 0.4) is 0 Å². The van der Waals surface area contributed by atoms with E-state index in [0.29, 0.717) is 10.2 Å². The highest BCUT2D eigenvalue weighted by Gasteiger charge is 2.39. The van der Waals surface area contributed by atoms with Gasteiger partial charge in [0.05, 0.1) is 8.76 Å². The fourth-order valence-electron chi connectivity index (χ4n) is 1.89. The van der Waals surface area contributed by atoms with Gasteiger partial charge in [0.25, 0.3) is 0 Å². The summed E-state index contributed by atoms with van der Waals surface area (Å²) in [7, 11) is 1.09. The van der Waals surface area contributed by atoms with Gasteiger partial charge in [-0.2, -0.15) is 18.3 Å². The number of benzene rings is 1. The van der Waals surface area contributed by atoms with E-state index in [1.54, 1.807) is 0 Å². The van der Waals surface area contributed by atoms with Crippen molar-refractivity contribution in [2.75, 3.05) is 0 Å². The molecule has 0 saturated heterocycles. The van der Waals surface area contributed by atoms with Gasteiger partial charge in [0.1, 0.15) is 11.5 Å². The van der Waals surface area contributed by atoms with Gasteiger partial charge in [0, 0.05) is 17.6 Å². The Labute approximate surface area is 149 Å². The molecule has 2 aromatic rings. The first-order chi connectivity index (χ1) is 10.0. The van der Waals surface area contributed by atoms with Crippen molar-refractivity contribution in [3.05, 3.63) is 39.3 Å². The van der Waals surface area contributed by atoms with Gasteiger partial charge in [-0.3, -0.25) is 4.68 Å². The quantitative estimate of drug-likeness (QED) is 0.359. The lowest BCUT2D eigenvalue weighted by Gasteiger charge is -2.09. The second kappa shape index (κ2) is 6.30. The lowest BCUT2D eigenvalue weighted by Crippen LogP contribution is -2.12. The van der Waals surface area contributed by atoms with Crippen LogP contribution in [-0.4, -0.2) is 9.78 Å². The number of aromatic nitrogens is 2. The van der Waals surface area contributed by atoms with E-state index in [4.69, 9.17) is 23.2 Å². The normalized spacial score (nSPS) is 12.3. The fourth-order valence-corrected chi connectivity index (χ4v) is 3.54. The van der Waals surface area contributed by atoms with E-state index in [1.807, 2.05) is 0 Å². The Hall–Kier alpha value is -0.310. The topological polar surface area (TPSA) is 17.8 Å². The molecule has 2 nitrogen and oxygen atoms in total.